The van der Waals surface area contributed by atoms with Crippen LogP contribution < -0.4 is 5.32 Å². The summed E-state index contributed by atoms with van der Waals surface area (Å²) in [6, 6.07) is 15.1. The molecule has 1 heterocycles. The van der Waals surface area contributed by atoms with Gasteiger partial charge in [0, 0.05) is 28.8 Å². The second kappa shape index (κ2) is 9.47. The molecule has 0 aliphatic carbocycles. The molecular formula is C24H28N4O2S. The predicted molar refractivity (Wildman–Crippen MR) is 125 cm³/mol. The molecule has 1 N–H and O–H groups in total. The molecule has 0 saturated carbocycles. The molecule has 3 aromatic rings. The Kier molecular flexibility index (Phi) is 6.95. The number of nitrogens with one attached hydrogen (secondary N) is 1. The number of aromatic nitrogens is 3. The molecule has 1 amide bonds. The number of Topliss-reactive ketones (excluding diaryl/α,β-unsaturated/α-hetero) is 1. The lowest BCUT2D eigenvalue weighted by molar-refractivity contribution is -0.123. The Morgan fingerprint density at radius 1 is 1.06 bits per heavy atom. The highest BCUT2D eigenvalue weighted by atomic mass is 32.2. The summed E-state index contributed by atoms with van der Waals surface area (Å²) < 4.78 is 2.03. The smallest absolute Gasteiger partial charge is 0.229 e. The van der Waals surface area contributed by atoms with Crippen LogP contribution in [0.2, 0.25) is 0 Å². The van der Waals surface area contributed by atoms with Crippen molar-refractivity contribution in [3.05, 3.63) is 59.7 Å². The quantitative estimate of drug-likeness (QED) is 0.405. The molecule has 1 aromatic heterocycles. The van der Waals surface area contributed by atoms with Crippen molar-refractivity contribution < 1.29 is 9.59 Å². The zero-order valence-corrected chi connectivity index (χ0v) is 19.4. The summed E-state index contributed by atoms with van der Waals surface area (Å²) >= 11 is 1.38. The Morgan fingerprint density at radius 3 is 2.39 bits per heavy atom. The van der Waals surface area contributed by atoms with Gasteiger partial charge in [0.05, 0.1) is 5.75 Å². The number of anilines is 1. The topological polar surface area (TPSA) is 76.9 Å². The van der Waals surface area contributed by atoms with Crippen molar-refractivity contribution in [1.82, 2.24) is 14.8 Å². The highest BCUT2D eigenvalue weighted by molar-refractivity contribution is 7.99. The third-order valence-corrected chi connectivity index (χ3v) is 5.75. The van der Waals surface area contributed by atoms with E-state index in [9.17, 15) is 9.59 Å². The van der Waals surface area contributed by atoms with E-state index in [-0.39, 0.29) is 17.4 Å². The molecule has 162 valence electrons. The third-order valence-electron chi connectivity index (χ3n) is 4.79. The van der Waals surface area contributed by atoms with Crippen LogP contribution in [0.1, 0.15) is 43.6 Å². The van der Waals surface area contributed by atoms with Gasteiger partial charge in [-0.3, -0.25) is 9.59 Å². The van der Waals surface area contributed by atoms with Gasteiger partial charge >= 0.3 is 0 Å². The first kappa shape index (κ1) is 22.7. The van der Waals surface area contributed by atoms with Crippen molar-refractivity contribution in [3.63, 3.8) is 0 Å². The summed E-state index contributed by atoms with van der Waals surface area (Å²) in [7, 11) is 0. The highest BCUT2D eigenvalue weighted by Gasteiger charge is 2.21. The number of hydrogen-bond donors (Lipinski definition) is 1. The molecule has 0 saturated heterocycles. The summed E-state index contributed by atoms with van der Waals surface area (Å²) in [6.07, 6.45) is 0. The molecular weight excluding hydrogens is 408 g/mol. The average molecular weight is 437 g/mol. The van der Waals surface area contributed by atoms with Crippen molar-refractivity contribution in [2.24, 2.45) is 5.41 Å². The van der Waals surface area contributed by atoms with Crippen LogP contribution in [0, 0.1) is 12.3 Å². The fourth-order valence-corrected chi connectivity index (χ4v) is 3.85. The van der Waals surface area contributed by atoms with Crippen LogP contribution in [0.5, 0.6) is 0 Å². The fraction of sp³-hybridized carbons (Fsp3) is 0.333. The molecule has 0 atom stereocenters. The molecule has 0 radical (unpaired) electrons. The summed E-state index contributed by atoms with van der Waals surface area (Å²) in [5.41, 5.74) is 2.98. The van der Waals surface area contributed by atoms with Gasteiger partial charge in [-0.15, -0.1) is 10.2 Å². The molecule has 0 bridgehead atoms. The number of nitrogens with zero attached hydrogens (tertiary/aromatic N) is 3. The maximum atomic E-state index is 12.7. The van der Waals surface area contributed by atoms with E-state index in [1.807, 2.05) is 57.4 Å². The monoisotopic (exact) mass is 436 g/mol. The minimum absolute atomic E-state index is 0.00135. The van der Waals surface area contributed by atoms with E-state index in [1.54, 1.807) is 24.3 Å². The number of ketones is 1. The van der Waals surface area contributed by atoms with Crippen molar-refractivity contribution >= 4 is 29.1 Å². The zero-order valence-electron chi connectivity index (χ0n) is 18.6. The van der Waals surface area contributed by atoms with Gasteiger partial charge in [0.15, 0.2) is 16.8 Å². The largest absolute Gasteiger partial charge is 0.326 e. The first-order valence-corrected chi connectivity index (χ1v) is 11.3. The number of amides is 1. The molecule has 0 fully saturated rings. The van der Waals surface area contributed by atoms with Crippen LogP contribution in [0.3, 0.4) is 0 Å². The maximum Gasteiger partial charge on any atom is 0.229 e. The molecule has 3 rings (SSSR count). The number of carbonyl (C=O) groups excluding carboxylic acids is 2. The number of carbonyl (C=O) groups is 2. The fourth-order valence-electron chi connectivity index (χ4n) is 2.95. The van der Waals surface area contributed by atoms with Gasteiger partial charge in [-0.1, -0.05) is 56.3 Å². The van der Waals surface area contributed by atoms with Crippen LogP contribution in [-0.4, -0.2) is 32.2 Å². The molecule has 2 aromatic carbocycles. The molecule has 0 spiro atoms. The molecule has 6 nitrogen and oxygen atoms in total. The number of hydrogen-bond acceptors (Lipinski definition) is 5. The van der Waals surface area contributed by atoms with Crippen LogP contribution in [-0.2, 0) is 11.3 Å². The molecule has 0 aliphatic rings. The van der Waals surface area contributed by atoms with Gasteiger partial charge in [0.2, 0.25) is 5.91 Å². The van der Waals surface area contributed by atoms with Crippen LogP contribution in [0.25, 0.3) is 11.4 Å². The summed E-state index contributed by atoms with van der Waals surface area (Å²) in [6.45, 7) is 10.4. The van der Waals surface area contributed by atoms with Gasteiger partial charge in [0.1, 0.15) is 0 Å². The van der Waals surface area contributed by atoms with Gasteiger partial charge in [-0.25, -0.2) is 0 Å². The van der Waals surface area contributed by atoms with Crippen molar-refractivity contribution in [1.29, 1.82) is 0 Å². The molecule has 0 unspecified atom stereocenters. The number of thioether (sulfide) groups is 1. The highest BCUT2D eigenvalue weighted by Crippen LogP contribution is 2.25. The lowest BCUT2D eigenvalue weighted by atomic mass is 9.95. The van der Waals surface area contributed by atoms with E-state index in [4.69, 9.17) is 0 Å². The number of benzene rings is 2. The summed E-state index contributed by atoms with van der Waals surface area (Å²) in [4.78, 5) is 24.8. The van der Waals surface area contributed by atoms with Gasteiger partial charge in [-0.2, -0.15) is 0 Å². The van der Waals surface area contributed by atoms with Gasteiger partial charge in [0.25, 0.3) is 0 Å². The minimum atomic E-state index is -0.475. The van der Waals surface area contributed by atoms with Gasteiger partial charge in [-0.05, 0) is 44.2 Å². The summed E-state index contributed by atoms with van der Waals surface area (Å²) in [5, 5.41) is 12.2. The van der Waals surface area contributed by atoms with E-state index < -0.39 is 5.41 Å². The zero-order chi connectivity index (χ0) is 22.6. The van der Waals surface area contributed by atoms with E-state index in [0.29, 0.717) is 11.3 Å². The predicted octanol–water partition coefficient (Wildman–Crippen LogP) is 5.23. The van der Waals surface area contributed by atoms with Crippen molar-refractivity contribution in [3.8, 4) is 11.4 Å². The Balaban J connectivity index is 1.66. The lowest BCUT2D eigenvalue weighted by Crippen LogP contribution is -2.27. The normalized spacial score (nSPS) is 11.4. The van der Waals surface area contributed by atoms with Crippen LogP contribution in [0.4, 0.5) is 5.69 Å². The summed E-state index contributed by atoms with van der Waals surface area (Å²) in [5.74, 6) is 1.01. The SMILES string of the molecule is CCn1c(SCC(=O)c2ccc(NC(=O)C(C)(C)C)cc2)nnc1-c1cccc(C)c1. The number of aryl methyl sites for hydroxylation is 1. The van der Waals surface area contributed by atoms with E-state index in [2.05, 4.69) is 21.6 Å². The molecule has 7 heteroatoms. The van der Waals surface area contributed by atoms with Crippen molar-refractivity contribution in [2.75, 3.05) is 11.1 Å². The standard InChI is InChI=1S/C24H28N4O2S/c1-6-28-21(18-9-7-8-16(2)14-18)26-27-23(28)31-15-20(29)17-10-12-19(13-11-17)25-22(30)24(3,4)5/h7-14H,6,15H2,1-5H3,(H,25,30). The molecule has 0 aliphatic heterocycles. The van der Waals surface area contributed by atoms with E-state index in [1.165, 1.54) is 11.8 Å². The minimum Gasteiger partial charge on any atom is -0.326 e. The second-order valence-corrected chi connectivity index (χ2v) is 9.36. The van der Waals surface area contributed by atoms with E-state index in [0.717, 1.165) is 28.7 Å². The third kappa shape index (κ3) is 5.61. The average Bonchev–Trinajstić information content (AvgIpc) is 3.14. The van der Waals surface area contributed by atoms with Crippen molar-refractivity contribution in [2.45, 2.75) is 46.3 Å². The van der Waals surface area contributed by atoms with Crippen LogP contribution >= 0.6 is 11.8 Å². The maximum absolute atomic E-state index is 12.7. The van der Waals surface area contributed by atoms with Gasteiger partial charge < -0.3 is 9.88 Å². The lowest BCUT2D eigenvalue weighted by Gasteiger charge is -2.17. The second-order valence-electron chi connectivity index (χ2n) is 8.41. The Morgan fingerprint density at radius 2 is 1.77 bits per heavy atom. The first-order valence-electron chi connectivity index (χ1n) is 10.3. The van der Waals surface area contributed by atoms with Crippen LogP contribution in [0.15, 0.2) is 53.7 Å². The Bertz CT molecular complexity index is 1080. The van der Waals surface area contributed by atoms with E-state index >= 15 is 0 Å². The Hall–Kier alpha value is -2.93. The Labute approximate surface area is 187 Å². The number of rotatable bonds is 7. The first-order chi connectivity index (χ1) is 14.7. The molecule has 31 heavy (non-hydrogen) atoms.